The molecule has 0 saturated heterocycles. The Balaban J connectivity index is 2.32. The van der Waals surface area contributed by atoms with E-state index in [1.807, 2.05) is 0 Å². The zero-order chi connectivity index (χ0) is 11.8. The Bertz CT molecular complexity index is 307. The van der Waals surface area contributed by atoms with E-state index in [9.17, 15) is 4.39 Å². The molecule has 0 fully saturated rings. The van der Waals surface area contributed by atoms with Crippen molar-refractivity contribution in [2.45, 2.75) is 18.9 Å². The van der Waals surface area contributed by atoms with Crippen molar-refractivity contribution in [3.63, 3.8) is 0 Å². The number of nitrogens with one attached hydrogen (secondary N) is 1. The lowest BCUT2D eigenvalue weighted by Gasteiger charge is -2.14. The van der Waals surface area contributed by atoms with Crippen LogP contribution in [0.4, 0.5) is 4.39 Å². The van der Waals surface area contributed by atoms with Crippen LogP contribution in [-0.2, 0) is 6.42 Å². The number of hydrogen-bond acceptors (Lipinski definition) is 3. The molecule has 1 rings (SSSR count). The minimum Gasteiger partial charge on any atom is -0.396 e. The molecule has 0 heterocycles. The largest absolute Gasteiger partial charge is 0.396 e. The predicted octanol–water partition coefficient (Wildman–Crippen LogP) is 0.701. The van der Waals surface area contributed by atoms with Gasteiger partial charge in [-0.3, -0.25) is 0 Å². The van der Waals surface area contributed by atoms with E-state index >= 15 is 0 Å². The van der Waals surface area contributed by atoms with Gasteiger partial charge in [-0.2, -0.15) is 0 Å². The maximum absolute atomic E-state index is 13.2. The molecule has 1 unspecified atom stereocenters. The Labute approximate surface area is 94.9 Å². The fraction of sp³-hybridized carbons (Fsp3) is 0.500. The summed E-state index contributed by atoms with van der Waals surface area (Å²) in [6, 6.07) is 6.53. The van der Waals surface area contributed by atoms with Gasteiger partial charge in [0.15, 0.2) is 0 Å². The third kappa shape index (κ3) is 4.26. The zero-order valence-electron chi connectivity index (χ0n) is 9.19. The predicted molar refractivity (Wildman–Crippen MR) is 60.7 cm³/mol. The molecule has 0 saturated carbocycles. The molecule has 4 heteroatoms. The first-order chi connectivity index (χ1) is 7.77. The normalized spacial score (nSPS) is 12.7. The van der Waals surface area contributed by atoms with Gasteiger partial charge in [-0.15, -0.1) is 0 Å². The first-order valence-electron chi connectivity index (χ1n) is 5.46. The van der Waals surface area contributed by atoms with E-state index in [-0.39, 0.29) is 25.1 Å². The Hall–Kier alpha value is -0.970. The molecular formula is C12H18FNO2. The van der Waals surface area contributed by atoms with Gasteiger partial charge in [0.1, 0.15) is 5.82 Å². The molecule has 0 aliphatic rings. The molecular weight excluding hydrogens is 209 g/mol. The Morgan fingerprint density at radius 2 is 2.00 bits per heavy atom. The molecule has 0 aliphatic carbocycles. The third-order valence-electron chi connectivity index (χ3n) is 2.48. The molecule has 3 N–H and O–H groups in total. The molecule has 1 aromatic carbocycles. The van der Waals surface area contributed by atoms with Gasteiger partial charge in [-0.25, -0.2) is 4.39 Å². The smallest absolute Gasteiger partial charge is 0.126 e. The summed E-state index contributed by atoms with van der Waals surface area (Å²) in [5.74, 6) is -0.202. The fourth-order valence-electron chi connectivity index (χ4n) is 1.53. The van der Waals surface area contributed by atoms with Gasteiger partial charge in [0, 0.05) is 12.6 Å². The summed E-state index contributed by atoms with van der Waals surface area (Å²) in [6.07, 6.45) is 1.09. The fourth-order valence-corrected chi connectivity index (χ4v) is 1.53. The standard InChI is InChI=1S/C12H18FNO2/c13-12-4-2-1-3-10(12)5-7-14-11(9-16)6-8-15/h1-4,11,14-16H,5-9H2. The van der Waals surface area contributed by atoms with Crippen LogP contribution in [0.2, 0.25) is 0 Å². The highest BCUT2D eigenvalue weighted by Crippen LogP contribution is 2.06. The lowest BCUT2D eigenvalue weighted by atomic mass is 10.1. The molecule has 0 amide bonds. The van der Waals surface area contributed by atoms with Crippen LogP contribution in [0, 0.1) is 5.82 Å². The van der Waals surface area contributed by atoms with E-state index in [0.29, 0.717) is 24.9 Å². The summed E-state index contributed by atoms with van der Waals surface area (Å²) >= 11 is 0. The van der Waals surface area contributed by atoms with E-state index < -0.39 is 0 Å². The van der Waals surface area contributed by atoms with Crippen molar-refractivity contribution in [1.82, 2.24) is 5.32 Å². The monoisotopic (exact) mass is 227 g/mol. The number of rotatable bonds is 7. The molecule has 0 aromatic heterocycles. The van der Waals surface area contributed by atoms with Crippen molar-refractivity contribution < 1.29 is 14.6 Å². The van der Waals surface area contributed by atoms with Gasteiger partial charge >= 0.3 is 0 Å². The quantitative estimate of drug-likeness (QED) is 0.642. The van der Waals surface area contributed by atoms with Crippen LogP contribution in [0.25, 0.3) is 0 Å². The SMILES string of the molecule is OCCC(CO)NCCc1ccccc1F. The van der Waals surface area contributed by atoms with Gasteiger partial charge < -0.3 is 15.5 Å². The molecule has 0 radical (unpaired) electrons. The van der Waals surface area contributed by atoms with Gasteiger partial charge in [0.05, 0.1) is 6.61 Å². The first-order valence-corrected chi connectivity index (χ1v) is 5.46. The van der Waals surface area contributed by atoms with Crippen molar-refractivity contribution in [3.05, 3.63) is 35.6 Å². The van der Waals surface area contributed by atoms with Crippen molar-refractivity contribution in [2.75, 3.05) is 19.8 Å². The Morgan fingerprint density at radius 1 is 1.25 bits per heavy atom. The summed E-state index contributed by atoms with van der Waals surface area (Å²) in [4.78, 5) is 0. The second kappa shape index (κ2) is 7.33. The van der Waals surface area contributed by atoms with E-state index in [1.165, 1.54) is 6.07 Å². The average Bonchev–Trinajstić information content (AvgIpc) is 2.30. The van der Waals surface area contributed by atoms with Crippen LogP contribution in [0.5, 0.6) is 0 Å². The van der Waals surface area contributed by atoms with Crippen LogP contribution in [0.15, 0.2) is 24.3 Å². The highest BCUT2D eigenvalue weighted by molar-refractivity contribution is 5.17. The molecule has 1 aromatic rings. The lowest BCUT2D eigenvalue weighted by Crippen LogP contribution is -2.34. The van der Waals surface area contributed by atoms with E-state index in [0.717, 1.165) is 0 Å². The third-order valence-corrected chi connectivity index (χ3v) is 2.48. The lowest BCUT2D eigenvalue weighted by molar-refractivity contribution is 0.201. The van der Waals surface area contributed by atoms with Gasteiger partial charge in [0.25, 0.3) is 0 Å². The summed E-state index contributed by atoms with van der Waals surface area (Å²) in [7, 11) is 0. The number of halogens is 1. The minimum atomic E-state index is -0.202. The van der Waals surface area contributed by atoms with Gasteiger partial charge in [0.2, 0.25) is 0 Å². The Morgan fingerprint density at radius 3 is 2.62 bits per heavy atom. The van der Waals surface area contributed by atoms with Crippen LogP contribution >= 0.6 is 0 Å². The molecule has 0 spiro atoms. The second-order valence-electron chi connectivity index (χ2n) is 3.69. The van der Waals surface area contributed by atoms with Crippen LogP contribution in [-0.4, -0.2) is 36.0 Å². The second-order valence-corrected chi connectivity index (χ2v) is 3.69. The topological polar surface area (TPSA) is 52.5 Å². The molecule has 0 aliphatic heterocycles. The number of benzene rings is 1. The minimum absolute atomic E-state index is 0.0160. The van der Waals surface area contributed by atoms with Crippen molar-refractivity contribution >= 4 is 0 Å². The van der Waals surface area contributed by atoms with E-state index in [1.54, 1.807) is 18.2 Å². The molecule has 0 bridgehead atoms. The zero-order valence-corrected chi connectivity index (χ0v) is 9.19. The van der Waals surface area contributed by atoms with E-state index in [2.05, 4.69) is 5.32 Å². The summed E-state index contributed by atoms with van der Waals surface area (Å²) in [6.45, 7) is 0.613. The number of hydrogen-bond donors (Lipinski definition) is 3. The van der Waals surface area contributed by atoms with E-state index in [4.69, 9.17) is 10.2 Å². The first kappa shape index (κ1) is 13.1. The van der Waals surface area contributed by atoms with Crippen LogP contribution < -0.4 is 5.32 Å². The van der Waals surface area contributed by atoms with Crippen molar-refractivity contribution in [1.29, 1.82) is 0 Å². The van der Waals surface area contributed by atoms with Crippen molar-refractivity contribution in [3.8, 4) is 0 Å². The highest BCUT2D eigenvalue weighted by atomic mass is 19.1. The number of aliphatic hydroxyl groups excluding tert-OH is 2. The summed E-state index contributed by atoms with van der Waals surface area (Å²) < 4.78 is 13.2. The Kier molecular flexibility index (Phi) is 6.00. The molecule has 3 nitrogen and oxygen atoms in total. The maximum Gasteiger partial charge on any atom is 0.126 e. The van der Waals surface area contributed by atoms with Crippen LogP contribution in [0.1, 0.15) is 12.0 Å². The summed E-state index contributed by atoms with van der Waals surface area (Å²) in [5.41, 5.74) is 0.663. The van der Waals surface area contributed by atoms with Crippen molar-refractivity contribution in [2.24, 2.45) is 0 Å². The summed E-state index contributed by atoms with van der Waals surface area (Å²) in [5, 5.41) is 20.7. The highest BCUT2D eigenvalue weighted by Gasteiger charge is 2.06. The van der Waals surface area contributed by atoms with Gasteiger partial charge in [-0.1, -0.05) is 18.2 Å². The van der Waals surface area contributed by atoms with Gasteiger partial charge in [-0.05, 0) is 31.0 Å². The molecule has 90 valence electrons. The van der Waals surface area contributed by atoms with Crippen LogP contribution in [0.3, 0.4) is 0 Å². The maximum atomic E-state index is 13.2. The average molecular weight is 227 g/mol. The molecule has 16 heavy (non-hydrogen) atoms. The number of aliphatic hydroxyl groups is 2. The molecule has 1 atom stereocenters.